The summed E-state index contributed by atoms with van der Waals surface area (Å²) in [6, 6.07) is 5.06. The van der Waals surface area contributed by atoms with Crippen molar-refractivity contribution in [3.8, 4) is 0 Å². The molecule has 0 bridgehead atoms. The average Bonchev–Trinajstić information content (AvgIpc) is 2.95. The van der Waals surface area contributed by atoms with Gasteiger partial charge in [-0.15, -0.1) is 5.10 Å². The summed E-state index contributed by atoms with van der Waals surface area (Å²) in [5.41, 5.74) is 0.397. The van der Waals surface area contributed by atoms with E-state index in [4.69, 9.17) is 4.42 Å². The van der Waals surface area contributed by atoms with Gasteiger partial charge in [-0.05, 0) is 24.1 Å². The second-order valence-corrected chi connectivity index (χ2v) is 8.82. The quantitative estimate of drug-likeness (QED) is 0.671. The number of nitrogens with zero attached hydrogens (tertiary/aromatic N) is 2. The SMILES string of the molecule is CS(=O)(=O)NCCCc1nnc(S(=O)(=O)Cc2ccc(F)cc2)o1. The number of nitrogens with one attached hydrogen (secondary N) is 1. The van der Waals surface area contributed by atoms with Crippen molar-refractivity contribution in [3.05, 3.63) is 41.5 Å². The average molecular weight is 377 g/mol. The number of halogens is 1. The van der Waals surface area contributed by atoms with Crippen LogP contribution in [0.3, 0.4) is 0 Å². The first-order valence-electron chi connectivity index (χ1n) is 6.90. The third-order valence-corrected chi connectivity index (χ3v) is 5.05. The Morgan fingerprint density at radius 3 is 2.42 bits per heavy atom. The van der Waals surface area contributed by atoms with Crippen molar-refractivity contribution in [2.75, 3.05) is 12.8 Å². The summed E-state index contributed by atoms with van der Waals surface area (Å²) in [7, 11) is -7.11. The zero-order chi connectivity index (χ0) is 17.8. The molecule has 1 heterocycles. The van der Waals surface area contributed by atoms with Crippen molar-refractivity contribution in [1.29, 1.82) is 0 Å². The summed E-state index contributed by atoms with van der Waals surface area (Å²) in [5, 5.41) is 6.64. The lowest BCUT2D eigenvalue weighted by Crippen LogP contribution is -2.23. The Balaban J connectivity index is 1.97. The lowest BCUT2D eigenvalue weighted by Gasteiger charge is -2.00. The fourth-order valence-electron chi connectivity index (χ4n) is 1.82. The first-order valence-corrected chi connectivity index (χ1v) is 10.4. The highest BCUT2D eigenvalue weighted by molar-refractivity contribution is 7.90. The van der Waals surface area contributed by atoms with Crippen LogP contribution in [0.25, 0.3) is 0 Å². The number of benzene rings is 1. The molecule has 1 N–H and O–H groups in total. The van der Waals surface area contributed by atoms with Crippen LogP contribution < -0.4 is 4.72 Å². The molecular formula is C13H16FN3O5S2. The Morgan fingerprint density at radius 2 is 1.79 bits per heavy atom. The van der Waals surface area contributed by atoms with Gasteiger partial charge in [0.25, 0.3) is 0 Å². The fourth-order valence-corrected chi connectivity index (χ4v) is 3.48. The van der Waals surface area contributed by atoms with E-state index < -0.39 is 30.9 Å². The van der Waals surface area contributed by atoms with Gasteiger partial charge in [0.15, 0.2) is 0 Å². The van der Waals surface area contributed by atoms with Crippen LogP contribution in [-0.4, -0.2) is 39.8 Å². The Morgan fingerprint density at radius 1 is 1.12 bits per heavy atom. The van der Waals surface area contributed by atoms with Gasteiger partial charge in [-0.2, -0.15) is 0 Å². The Hall–Kier alpha value is -1.85. The normalized spacial score (nSPS) is 12.4. The maximum absolute atomic E-state index is 12.8. The van der Waals surface area contributed by atoms with Gasteiger partial charge >= 0.3 is 5.22 Å². The Kier molecular flexibility index (Phi) is 5.67. The molecule has 8 nitrogen and oxygen atoms in total. The molecule has 0 radical (unpaired) electrons. The van der Waals surface area contributed by atoms with Gasteiger partial charge in [-0.1, -0.05) is 17.2 Å². The van der Waals surface area contributed by atoms with Gasteiger partial charge < -0.3 is 4.42 Å². The van der Waals surface area contributed by atoms with Crippen molar-refractivity contribution >= 4 is 19.9 Å². The molecule has 1 aromatic carbocycles. The van der Waals surface area contributed by atoms with Gasteiger partial charge in [0.05, 0.1) is 12.0 Å². The highest BCUT2D eigenvalue weighted by Gasteiger charge is 2.23. The summed E-state index contributed by atoms with van der Waals surface area (Å²) < 4.78 is 66.4. The molecule has 2 aromatic rings. The van der Waals surface area contributed by atoms with Crippen LogP contribution in [0.2, 0.25) is 0 Å². The molecule has 24 heavy (non-hydrogen) atoms. The van der Waals surface area contributed by atoms with Gasteiger partial charge in [-0.25, -0.2) is 25.9 Å². The van der Waals surface area contributed by atoms with E-state index in [2.05, 4.69) is 14.9 Å². The monoisotopic (exact) mass is 377 g/mol. The fraction of sp³-hybridized carbons (Fsp3) is 0.385. The van der Waals surface area contributed by atoms with Crippen LogP contribution in [-0.2, 0) is 32.0 Å². The van der Waals surface area contributed by atoms with Crippen LogP contribution in [0, 0.1) is 5.82 Å². The number of rotatable bonds is 8. The molecule has 0 aliphatic heterocycles. The van der Waals surface area contributed by atoms with Crippen molar-refractivity contribution in [2.45, 2.75) is 23.8 Å². The topological polar surface area (TPSA) is 119 Å². The van der Waals surface area contributed by atoms with Crippen molar-refractivity contribution < 1.29 is 25.6 Å². The molecule has 11 heteroatoms. The molecule has 1 aromatic heterocycles. The van der Waals surface area contributed by atoms with Crippen LogP contribution in [0.5, 0.6) is 0 Å². The van der Waals surface area contributed by atoms with Crippen molar-refractivity contribution in [3.63, 3.8) is 0 Å². The molecule has 0 fully saturated rings. The third kappa shape index (κ3) is 5.65. The second kappa shape index (κ2) is 7.36. The zero-order valence-corrected chi connectivity index (χ0v) is 14.4. The van der Waals surface area contributed by atoms with Crippen LogP contribution in [0.4, 0.5) is 4.39 Å². The number of sulfonamides is 1. The van der Waals surface area contributed by atoms with Crippen LogP contribution in [0.1, 0.15) is 17.9 Å². The molecule has 0 saturated heterocycles. The summed E-state index contributed by atoms with van der Waals surface area (Å²) >= 11 is 0. The summed E-state index contributed by atoms with van der Waals surface area (Å²) in [4.78, 5) is 0. The lowest BCUT2D eigenvalue weighted by atomic mass is 10.2. The van der Waals surface area contributed by atoms with Crippen molar-refractivity contribution in [1.82, 2.24) is 14.9 Å². The van der Waals surface area contributed by atoms with E-state index in [1.165, 1.54) is 24.3 Å². The minimum Gasteiger partial charge on any atom is -0.413 e. The number of aromatic nitrogens is 2. The van der Waals surface area contributed by atoms with Gasteiger partial charge in [0, 0.05) is 13.0 Å². The van der Waals surface area contributed by atoms with Crippen molar-refractivity contribution in [2.24, 2.45) is 0 Å². The first kappa shape index (κ1) is 18.5. The van der Waals surface area contributed by atoms with E-state index >= 15 is 0 Å². The smallest absolute Gasteiger partial charge is 0.335 e. The molecule has 0 spiro atoms. The van der Waals surface area contributed by atoms with E-state index in [1.54, 1.807) is 0 Å². The van der Waals surface area contributed by atoms with E-state index in [-0.39, 0.29) is 24.6 Å². The highest BCUT2D eigenvalue weighted by Crippen LogP contribution is 2.16. The van der Waals surface area contributed by atoms with E-state index in [9.17, 15) is 21.2 Å². The largest absolute Gasteiger partial charge is 0.413 e. The summed E-state index contributed by atoms with van der Waals surface area (Å²) in [5.74, 6) is -0.744. The zero-order valence-electron chi connectivity index (χ0n) is 12.8. The number of aryl methyl sites for hydroxylation is 1. The number of hydrogen-bond acceptors (Lipinski definition) is 7. The summed E-state index contributed by atoms with van der Waals surface area (Å²) in [6.45, 7) is 0.179. The standard InChI is InChI=1S/C13H16FN3O5S2/c1-23(18,19)15-8-2-3-12-16-17-13(22-12)24(20,21)9-10-4-6-11(14)7-5-10/h4-7,15H,2-3,8-9H2,1H3. The molecule has 2 rings (SSSR count). The molecule has 132 valence electrons. The Bertz CT molecular complexity index is 892. The summed E-state index contributed by atoms with van der Waals surface area (Å²) in [6.07, 6.45) is 1.66. The first-order chi connectivity index (χ1) is 11.2. The predicted octanol–water partition coefficient (Wildman–Crippen LogP) is 0.664. The predicted molar refractivity (Wildman–Crippen MR) is 82.8 cm³/mol. The molecule has 0 atom stereocenters. The maximum Gasteiger partial charge on any atom is 0.335 e. The van der Waals surface area contributed by atoms with Gasteiger partial charge in [0.2, 0.25) is 25.8 Å². The third-order valence-electron chi connectivity index (χ3n) is 2.92. The molecule has 0 aliphatic carbocycles. The van der Waals surface area contributed by atoms with E-state index in [0.29, 0.717) is 12.0 Å². The van der Waals surface area contributed by atoms with Crippen LogP contribution >= 0.6 is 0 Å². The van der Waals surface area contributed by atoms with Crippen LogP contribution in [0.15, 0.2) is 33.9 Å². The van der Waals surface area contributed by atoms with Gasteiger partial charge in [-0.3, -0.25) is 0 Å². The van der Waals surface area contributed by atoms with E-state index in [0.717, 1.165) is 6.26 Å². The number of sulfone groups is 1. The lowest BCUT2D eigenvalue weighted by molar-refractivity contribution is 0.393. The Labute approximate surface area is 139 Å². The molecule has 0 aliphatic rings. The number of hydrogen-bond donors (Lipinski definition) is 1. The molecular weight excluding hydrogens is 361 g/mol. The van der Waals surface area contributed by atoms with E-state index in [1.807, 2.05) is 0 Å². The maximum atomic E-state index is 12.8. The molecule has 0 amide bonds. The van der Waals surface area contributed by atoms with Gasteiger partial charge in [0.1, 0.15) is 5.82 Å². The molecule has 0 unspecified atom stereocenters. The second-order valence-electron chi connectivity index (χ2n) is 5.12. The minimum atomic E-state index is -3.83. The highest BCUT2D eigenvalue weighted by atomic mass is 32.2. The molecule has 0 saturated carbocycles. The minimum absolute atomic E-state index is 0.1000.